The molecule has 6 heteroatoms. The molecule has 0 spiro atoms. The van der Waals surface area contributed by atoms with Crippen LogP contribution in [0.2, 0.25) is 0 Å². The number of piperidine rings is 1. The van der Waals surface area contributed by atoms with E-state index in [1.54, 1.807) is 20.8 Å². The van der Waals surface area contributed by atoms with Crippen LogP contribution in [-0.4, -0.2) is 54.0 Å². The summed E-state index contributed by atoms with van der Waals surface area (Å²) in [4.78, 5) is 24.3. The number of ether oxygens (including phenoxy) is 2. The molecule has 0 aliphatic carbocycles. The molecule has 1 amide bonds. The van der Waals surface area contributed by atoms with Crippen LogP contribution in [0, 0.1) is 5.92 Å². The molecule has 0 radical (unpaired) electrons. The van der Waals surface area contributed by atoms with Gasteiger partial charge in [-0.1, -0.05) is 0 Å². The van der Waals surface area contributed by atoms with Gasteiger partial charge in [-0.05, 0) is 27.2 Å². The number of carboxylic acids is 1. The first kappa shape index (κ1) is 14.8. The molecule has 18 heavy (non-hydrogen) atoms. The second kappa shape index (κ2) is 5.56. The van der Waals surface area contributed by atoms with Gasteiger partial charge in [0.15, 0.2) is 0 Å². The molecule has 0 bridgehead atoms. The summed E-state index contributed by atoms with van der Waals surface area (Å²) in [6, 6.07) is 0. The van der Waals surface area contributed by atoms with Crippen molar-refractivity contribution in [1.29, 1.82) is 0 Å². The van der Waals surface area contributed by atoms with Crippen LogP contribution in [0.25, 0.3) is 0 Å². The van der Waals surface area contributed by atoms with Crippen molar-refractivity contribution >= 4 is 12.1 Å². The van der Waals surface area contributed by atoms with Gasteiger partial charge in [-0.2, -0.15) is 0 Å². The summed E-state index contributed by atoms with van der Waals surface area (Å²) in [5.74, 6) is -1.51. The number of carbonyl (C=O) groups excluding carboxylic acids is 1. The van der Waals surface area contributed by atoms with Crippen LogP contribution in [-0.2, 0) is 14.3 Å². The van der Waals surface area contributed by atoms with Crippen molar-refractivity contribution < 1.29 is 24.2 Å². The smallest absolute Gasteiger partial charge is 0.410 e. The molecule has 1 aliphatic heterocycles. The molecular weight excluding hydrogens is 238 g/mol. The maximum Gasteiger partial charge on any atom is 0.410 e. The lowest BCUT2D eigenvalue weighted by molar-refractivity contribution is -0.145. The Bertz CT molecular complexity index is 323. The topological polar surface area (TPSA) is 76.1 Å². The second-order valence-corrected chi connectivity index (χ2v) is 5.51. The average Bonchev–Trinajstić information content (AvgIpc) is 2.26. The maximum atomic E-state index is 11.9. The van der Waals surface area contributed by atoms with E-state index in [0.29, 0.717) is 13.0 Å². The molecule has 1 N–H and O–H groups in total. The number of aliphatic carboxylic acids is 1. The van der Waals surface area contributed by atoms with E-state index in [-0.39, 0.29) is 12.6 Å². The number of rotatable bonds is 2. The molecule has 0 aromatic carbocycles. The quantitative estimate of drug-likeness (QED) is 0.810. The Kier molecular flexibility index (Phi) is 4.56. The van der Waals surface area contributed by atoms with Crippen LogP contribution < -0.4 is 0 Å². The SMILES string of the molecule is CO[C@H]1C[C@@H](C(=O)O)CN(C(=O)OC(C)(C)C)C1. The van der Waals surface area contributed by atoms with Gasteiger partial charge in [0.2, 0.25) is 0 Å². The first-order chi connectivity index (χ1) is 8.23. The molecule has 104 valence electrons. The van der Waals surface area contributed by atoms with E-state index in [2.05, 4.69) is 0 Å². The number of likely N-dealkylation sites (tertiary alicyclic amines) is 1. The van der Waals surface area contributed by atoms with Crippen molar-refractivity contribution in [2.45, 2.75) is 38.9 Å². The Labute approximate surface area is 107 Å². The lowest BCUT2D eigenvalue weighted by atomic mass is 9.96. The molecule has 1 aliphatic rings. The zero-order valence-electron chi connectivity index (χ0n) is 11.3. The van der Waals surface area contributed by atoms with Crippen LogP contribution in [0.1, 0.15) is 27.2 Å². The molecular formula is C12H21NO5. The lowest BCUT2D eigenvalue weighted by Gasteiger charge is -2.36. The van der Waals surface area contributed by atoms with E-state index in [9.17, 15) is 9.59 Å². The fourth-order valence-electron chi connectivity index (χ4n) is 1.88. The summed E-state index contributed by atoms with van der Waals surface area (Å²) in [7, 11) is 1.52. The summed E-state index contributed by atoms with van der Waals surface area (Å²) in [6.07, 6.45) is -0.326. The van der Waals surface area contributed by atoms with Gasteiger partial charge < -0.3 is 19.5 Å². The summed E-state index contributed by atoms with van der Waals surface area (Å²) in [5, 5.41) is 9.05. The van der Waals surface area contributed by atoms with E-state index in [1.165, 1.54) is 12.0 Å². The second-order valence-electron chi connectivity index (χ2n) is 5.51. The average molecular weight is 259 g/mol. The minimum atomic E-state index is -0.912. The molecule has 0 aromatic heterocycles. The van der Waals surface area contributed by atoms with Gasteiger partial charge >= 0.3 is 12.1 Å². The highest BCUT2D eigenvalue weighted by molar-refractivity contribution is 5.73. The Hall–Kier alpha value is -1.30. The van der Waals surface area contributed by atoms with Crippen LogP contribution in [0.3, 0.4) is 0 Å². The number of carbonyl (C=O) groups is 2. The Morgan fingerprint density at radius 2 is 1.89 bits per heavy atom. The highest BCUT2D eigenvalue weighted by Crippen LogP contribution is 2.21. The van der Waals surface area contributed by atoms with E-state index >= 15 is 0 Å². The van der Waals surface area contributed by atoms with Crippen LogP contribution in [0.5, 0.6) is 0 Å². The number of hydrogen-bond donors (Lipinski definition) is 1. The molecule has 0 unspecified atom stereocenters. The fourth-order valence-corrected chi connectivity index (χ4v) is 1.88. The monoisotopic (exact) mass is 259 g/mol. The van der Waals surface area contributed by atoms with Gasteiger partial charge in [-0.3, -0.25) is 4.79 Å². The molecule has 0 saturated carbocycles. The fraction of sp³-hybridized carbons (Fsp3) is 0.833. The van der Waals surface area contributed by atoms with Gasteiger partial charge in [0.05, 0.1) is 18.6 Å². The zero-order valence-corrected chi connectivity index (χ0v) is 11.3. The zero-order chi connectivity index (χ0) is 13.9. The van der Waals surface area contributed by atoms with Crippen molar-refractivity contribution in [3.8, 4) is 0 Å². The number of hydrogen-bond acceptors (Lipinski definition) is 4. The minimum absolute atomic E-state index is 0.171. The van der Waals surface area contributed by atoms with Gasteiger partial charge in [0.1, 0.15) is 5.60 Å². The largest absolute Gasteiger partial charge is 0.481 e. The molecule has 6 nitrogen and oxygen atoms in total. The Morgan fingerprint density at radius 3 is 2.33 bits per heavy atom. The van der Waals surface area contributed by atoms with Crippen LogP contribution in [0.4, 0.5) is 4.79 Å². The van der Waals surface area contributed by atoms with Crippen molar-refractivity contribution in [3.05, 3.63) is 0 Å². The molecule has 1 fully saturated rings. The summed E-state index contributed by atoms with van der Waals surface area (Å²) in [5.41, 5.74) is -0.587. The van der Waals surface area contributed by atoms with Crippen molar-refractivity contribution in [2.24, 2.45) is 5.92 Å². The number of carboxylic acid groups (broad SMARTS) is 1. The summed E-state index contributed by atoms with van der Waals surface area (Å²) in [6.45, 7) is 5.87. The van der Waals surface area contributed by atoms with Crippen molar-refractivity contribution in [3.63, 3.8) is 0 Å². The predicted molar refractivity (Wildman–Crippen MR) is 64.3 cm³/mol. The van der Waals surface area contributed by atoms with Gasteiger partial charge in [0, 0.05) is 13.7 Å². The number of amides is 1. The third-order valence-corrected chi connectivity index (χ3v) is 2.75. The molecule has 1 rings (SSSR count). The summed E-state index contributed by atoms with van der Waals surface area (Å²) >= 11 is 0. The third-order valence-electron chi connectivity index (χ3n) is 2.75. The maximum absolute atomic E-state index is 11.9. The van der Waals surface area contributed by atoms with Gasteiger partial charge in [-0.15, -0.1) is 0 Å². The first-order valence-corrected chi connectivity index (χ1v) is 5.96. The van der Waals surface area contributed by atoms with E-state index in [1.807, 2.05) is 0 Å². The van der Waals surface area contributed by atoms with Crippen LogP contribution in [0.15, 0.2) is 0 Å². The summed E-state index contributed by atoms with van der Waals surface area (Å²) < 4.78 is 10.4. The Morgan fingerprint density at radius 1 is 1.28 bits per heavy atom. The minimum Gasteiger partial charge on any atom is -0.481 e. The molecule has 2 atom stereocenters. The van der Waals surface area contributed by atoms with Crippen molar-refractivity contribution in [1.82, 2.24) is 4.90 Å². The number of methoxy groups -OCH3 is 1. The standard InChI is InChI=1S/C12H21NO5/c1-12(2,3)18-11(16)13-6-8(10(14)15)5-9(7-13)17-4/h8-9H,5-7H2,1-4H3,(H,14,15)/t8-,9+/m1/s1. The molecule has 1 saturated heterocycles. The van der Waals surface area contributed by atoms with Gasteiger partial charge in [0.25, 0.3) is 0 Å². The van der Waals surface area contributed by atoms with E-state index in [0.717, 1.165) is 0 Å². The highest BCUT2D eigenvalue weighted by Gasteiger charge is 2.35. The number of nitrogens with zero attached hydrogens (tertiary/aromatic N) is 1. The van der Waals surface area contributed by atoms with E-state index < -0.39 is 23.6 Å². The Balaban J connectivity index is 2.69. The highest BCUT2D eigenvalue weighted by atomic mass is 16.6. The normalized spacial score (nSPS) is 24.8. The van der Waals surface area contributed by atoms with E-state index in [4.69, 9.17) is 14.6 Å². The van der Waals surface area contributed by atoms with Crippen molar-refractivity contribution in [2.75, 3.05) is 20.2 Å². The third kappa shape index (κ3) is 4.18. The van der Waals surface area contributed by atoms with Gasteiger partial charge in [-0.25, -0.2) is 4.79 Å². The molecule has 1 heterocycles. The molecule has 0 aromatic rings. The lowest BCUT2D eigenvalue weighted by Crippen LogP contribution is -2.50. The predicted octanol–water partition coefficient (Wildman–Crippen LogP) is 1.34. The first-order valence-electron chi connectivity index (χ1n) is 5.96. The van der Waals surface area contributed by atoms with Crippen LogP contribution >= 0.6 is 0 Å².